The lowest BCUT2D eigenvalue weighted by Crippen LogP contribution is -1.94. The molecule has 54 valence electrons. The third kappa shape index (κ3) is 0.584. The molecule has 3 rings (SSSR count). The van der Waals surface area contributed by atoms with Crippen LogP contribution in [-0.2, 0) is 0 Å². The van der Waals surface area contributed by atoms with Gasteiger partial charge >= 0.3 is 0 Å². The highest BCUT2D eigenvalue weighted by atomic mass is 14.7. The van der Waals surface area contributed by atoms with Crippen LogP contribution in [0.4, 0.5) is 0 Å². The van der Waals surface area contributed by atoms with Crippen LogP contribution < -0.4 is 0 Å². The van der Waals surface area contributed by atoms with Crippen LogP contribution in [0.3, 0.4) is 0 Å². The zero-order valence-electron chi connectivity index (χ0n) is 6.20. The molecule has 2 atom stereocenters. The molecule has 0 aliphatic heterocycles. The lowest BCUT2D eigenvalue weighted by molar-refractivity contribution is 0.795. The van der Waals surface area contributed by atoms with E-state index >= 15 is 0 Å². The molecule has 2 aliphatic carbocycles. The number of hydrogen-bond acceptors (Lipinski definition) is 1. The summed E-state index contributed by atoms with van der Waals surface area (Å²) in [4.78, 5) is 4.39. The van der Waals surface area contributed by atoms with E-state index in [9.17, 15) is 0 Å². The largest absolute Gasteiger partial charge is 0.260 e. The topological polar surface area (TPSA) is 12.9 Å². The van der Waals surface area contributed by atoms with Gasteiger partial charge in [-0.15, -0.1) is 0 Å². The van der Waals surface area contributed by atoms with Crippen molar-refractivity contribution < 1.29 is 0 Å². The summed E-state index contributed by atoms with van der Waals surface area (Å²) in [6.07, 6.45) is 7.77. The second kappa shape index (κ2) is 1.73. The summed E-state index contributed by atoms with van der Waals surface area (Å²) in [6, 6.07) is 4.24. The lowest BCUT2D eigenvalue weighted by atomic mass is 10.0. The van der Waals surface area contributed by atoms with E-state index in [1.807, 2.05) is 12.3 Å². The molecule has 0 spiro atoms. The number of pyridine rings is 1. The Hall–Kier alpha value is -1.11. The molecular formula is C10H9N. The summed E-state index contributed by atoms with van der Waals surface area (Å²) < 4.78 is 0. The van der Waals surface area contributed by atoms with E-state index < -0.39 is 0 Å². The average molecular weight is 143 g/mol. The Labute approximate surface area is 65.8 Å². The molecule has 0 radical (unpaired) electrons. The molecule has 0 N–H and O–H groups in total. The van der Waals surface area contributed by atoms with E-state index in [4.69, 9.17) is 0 Å². The fourth-order valence-corrected chi connectivity index (χ4v) is 2.19. The van der Waals surface area contributed by atoms with Crippen molar-refractivity contribution in [1.29, 1.82) is 0 Å². The first-order valence-corrected chi connectivity index (χ1v) is 4.08. The molecular weight excluding hydrogens is 134 g/mol. The van der Waals surface area contributed by atoms with Gasteiger partial charge in [-0.2, -0.15) is 0 Å². The van der Waals surface area contributed by atoms with E-state index in [2.05, 4.69) is 23.2 Å². The van der Waals surface area contributed by atoms with Gasteiger partial charge in [0.05, 0.1) is 5.69 Å². The molecule has 1 aromatic heterocycles. The normalized spacial score (nSPS) is 30.9. The highest BCUT2D eigenvalue weighted by Gasteiger charge is 2.32. The third-order valence-electron chi connectivity index (χ3n) is 2.71. The Kier molecular flexibility index (Phi) is 0.869. The molecule has 0 fully saturated rings. The van der Waals surface area contributed by atoms with Crippen molar-refractivity contribution in [3.05, 3.63) is 41.7 Å². The molecule has 1 aromatic rings. The molecule has 0 amide bonds. The van der Waals surface area contributed by atoms with E-state index in [0.717, 1.165) is 0 Å². The van der Waals surface area contributed by atoms with Gasteiger partial charge in [0, 0.05) is 18.0 Å². The minimum absolute atomic E-state index is 0.635. The Balaban J connectivity index is 2.28. The van der Waals surface area contributed by atoms with Crippen LogP contribution in [0.2, 0.25) is 0 Å². The third-order valence-corrected chi connectivity index (χ3v) is 2.71. The quantitative estimate of drug-likeness (QED) is 0.507. The van der Waals surface area contributed by atoms with Gasteiger partial charge in [0.2, 0.25) is 0 Å². The van der Waals surface area contributed by atoms with Gasteiger partial charge in [-0.25, -0.2) is 0 Å². The monoisotopic (exact) mass is 143 g/mol. The first-order valence-electron chi connectivity index (χ1n) is 4.08. The van der Waals surface area contributed by atoms with Gasteiger partial charge in [-0.3, -0.25) is 4.98 Å². The van der Waals surface area contributed by atoms with Gasteiger partial charge in [0.25, 0.3) is 0 Å². The number of hydrogen-bond donors (Lipinski definition) is 0. The summed E-state index contributed by atoms with van der Waals surface area (Å²) in [5.41, 5.74) is 2.78. The van der Waals surface area contributed by atoms with Crippen molar-refractivity contribution in [3.8, 4) is 0 Å². The van der Waals surface area contributed by atoms with E-state index in [-0.39, 0.29) is 0 Å². The molecule has 2 bridgehead atoms. The van der Waals surface area contributed by atoms with Crippen LogP contribution in [0.15, 0.2) is 30.5 Å². The van der Waals surface area contributed by atoms with Crippen LogP contribution in [-0.4, -0.2) is 4.98 Å². The Morgan fingerprint density at radius 3 is 3.09 bits per heavy atom. The highest BCUT2D eigenvalue weighted by molar-refractivity contribution is 5.43. The average Bonchev–Trinajstić information content (AvgIpc) is 2.64. The molecule has 11 heavy (non-hydrogen) atoms. The zero-order chi connectivity index (χ0) is 7.26. The van der Waals surface area contributed by atoms with Crippen molar-refractivity contribution >= 4 is 0 Å². The molecule has 1 heteroatoms. The van der Waals surface area contributed by atoms with Crippen molar-refractivity contribution in [3.63, 3.8) is 0 Å². The highest BCUT2D eigenvalue weighted by Crippen LogP contribution is 2.46. The first kappa shape index (κ1) is 5.53. The predicted molar refractivity (Wildman–Crippen MR) is 43.5 cm³/mol. The fraction of sp³-hybridized carbons (Fsp3) is 0.300. The maximum Gasteiger partial charge on any atom is 0.0510 e. The zero-order valence-corrected chi connectivity index (χ0v) is 6.20. The second-order valence-corrected chi connectivity index (χ2v) is 3.31. The minimum atomic E-state index is 0.635. The smallest absolute Gasteiger partial charge is 0.0510 e. The molecule has 2 aliphatic rings. The van der Waals surface area contributed by atoms with Gasteiger partial charge in [0.15, 0.2) is 0 Å². The molecule has 0 saturated carbocycles. The van der Waals surface area contributed by atoms with Crippen LogP contribution in [0.25, 0.3) is 0 Å². The van der Waals surface area contributed by atoms with E-state index in [1.165, 1.54) is 17.7 Å². The molecule has 0 saturated heterocycles. The van der Waals surface area contributed by atoms with E-state index in [0.29, 0.717) is 11.8 Å². The first-order chi connectivity index (χ1) is 5.45. The van der Waals surface area contributed by atoms with Crippen LogP contribution in [0.5, 0.6) is 0 Å². The molecule has 1 nitrogen and oxygen atoms in total. The summed E-state index contributed by atoms with van der Waals surface area (Å²) in [7, 11) is 0. The maximum absolute atomic E-state index is 4.39. The van der Waals surface area contributed by atoms with Crippen LogP contribution >= 0.6 is 0 Å². The number of allylic oxidation sites excluding steroid dienone is 2. The number of rotatable bonds is 0. The molecule has 1 heterocycles. The maximum atomic E-state index is 4.39. The molecule has 0 aromatic carbocycles. The number of aromatic nitrogens is 1. The second-order valence-electron chi connectivity index (χ2n) is 3.31. The lowest BCUT2D eigenvalue weighted by Gasteiger charge is -2.06. The Morgan fingerprint density at radius 2 is 2.18 bits per heavy atom. The predicted octanol–water partition coefficient (Wildman–Crippen LogP) is 2.22. The van der Waals surface area contributed by atoms with E-state index in [1.54, 1.807) is 0 Å². The molecule has 2 unspecified atom stereocenters. The van der Waals surface area contributed by atoms with Crippen molar-refractivity contribution in [2.75, 3.05) is 0 Å². The fourth-order valence-electron chi connectivity index (χ4n) is 2.19. The number of nitrogens with zero attached hydrogens (tertiary/aromatic N) is 1. The number of fused-ring (bicyclic) bond motifs is 5. The van der Waals surface area contributed by atoms with Gasteiger partial charge in [-0.1, -0.05) is 18.2 Å². The van der Waals surface area contributed by atoms with Crippen LogP contribution in [0, 0.1) is 0 Å². The summed E-state index contributed by atoms with van der Waals surface area (Å²) in [6.45, 7) is 0. The Bertz CT molecular complexity index is 296. The van der Waals surface area contributed by atoms with Gasteiger partial charge in [0.1, 0.15) is 0 Å². The standard InChI is InChI=1S/C10H9N/c1-2-9-7-3-4-8(6-7)10(9)11-5-1/h1-5,7-8H,6H2. The summed E-state index contributed by atoms with van der Waals surface area (Å²) in [5, 5.41) is 0. The van der Waals surface area contributed by atoms with Crippen LogP contribution in [0.1, 0.15) is 29.5 Å². The van der Waals surface area contributed by atoms with Crippen molar-refractivity contribution in [1.82, 2.24) is 4.98 Å². The van der Waals surface area contributed by atoms with Crippen molar-refractivity contribution in [2.45, 2.75) is 18.3 Å². The van der Waals surface area contributed by atoms with Crippen molar-refractivity contribution in [2.24, 2.45) is 0 Å². The SMILES string of the molecule is C1=CC2CC1c1cccnc12. The van der Waals surface area contributed by atoms with Gasteiger partial charge < -0.3 is 0 Å². The Morgan fingerprint density at radius 1 is 1.27 bits per heavy atom. The minimum Gasteiger partial charge on any atom is -0.260 e. The summed E-state index contributed by atoms with van der Waals surface area (Å²) in [5.74, 6) is 1.32. The van der Waals surface area contributed by atoms with Gasteiger partial charge in [-0.05, 0) is 18.1 Å². The summed E-state index contributed by atoms with van der Waals surface area (Å²) >= 11 is 0.